The molecule has 0 aliphatic carbocycles. The number of nitrogens with zero attached hydrogens (tertiary/aromatic N) is 5. The number of fused-ring (bicyclic) bond motifs is 13. The lowest BCUT2D eigenvalue weighted by atomic mass is 9.33. The second-order valence-electron chi connectivity index (χ2n) is 49.4. The van der Waals surface area contributed by atoms with E-state index in [-0.39, 0.29) is 77.2 Å². The Morgan fingerprint density at radius 3 is 0.787 bits per heavy atom. The molecule has 0 fully saturated rings. The fourth-order valence-electron chi connectivity index (χ4n) is 21.9. The van der Waals surface area contributed by atoms with Gasteiger partial charge in [0, 0.05) is 88.7 Å². The Labute approximate surface area is 822 Å². The van der Waals surface area contributed by atoms with Crippen molar-refractivity contribution < 1.29 is 11.0 Å². The average Bonchev–Trinajstić information content (AvgIpc) is 0.800. The maximum absolute atomic E-state index is 10.3. The Hall–Kier alpha value is -12.6. The monoisotopic (exact) mass is 1790 g/mol. The summed E-state index contributed by atoms with van der Waals surface area (Å²) in [6.45, 7) is 69.0. The molecule has 20 rings (SSSR count). The summed E-state index contributed by atoms with van der Waals surface area (Å²) >= 11 is 0. The van der Waals surface area contributed by atoms with Crippen molar-refractivity contribution in [2.45, 2.75) is 262 Å². The predicted octanol–water partition coefficient (Wildman–Crippen LogP) is 34.7. The van der Waals surface area contributed by atoms with Crippen LogP contribution in [0, 0.1) is 0 Å². The summed E-state index contributed by atoms with van der Waals surface area (Å²) in [4.78, 5) is 5.30. The van der Waals surface area contributed by atoms with Crippen LogP contribution in [0.4, 0.5) is 34.1 Å². The van der Waals surface area contributed by atoms with Crippen LogP contribution in [0.5, 0.6) is 0 Å². The lowest BCUT2D eigenvalue weighted by molar-refractivity contribution is 0.571. The molecule has 18 aromatic rings. The fraction of sp³-hybridized carbons (Fsp3) is 0.308. The van der Waals surface area contributed by atoms with Gasteiger partial charge in [-0.3, -0.25) is 0 Å². The zero-order valence-electron chi connectivity index (χ0n) is 93.9. The summed E-state index contributed by atoms with van der Waals surface area (Å²) in [5.74, 6) is 0. The number of aromatic nitrogens is 3. The first-order chi connectivity index (χ1) is 67.1. The molecule has 6 heteroatoms. The molecular weight excluding hydrogens is 1640 g/mol. The maximum atomic E-state index is 10.3. The Bertz CT molecular complexity index is 8150. The van der Waals surface area contributed by atoms with Gasteiger partial charge in [-0.05, 0) is 245 Å². The van der Waals surface area contributed by atoms with Crippen LogP contribution in [-0.4, -0.2) is 20.4 Å². The van der Waals surface area contributed by atoms with Crippen molar-refractivity contribution in [1.29, 1.82) is 0 Å². The van der Waals surface area contributed by atoms with Crippen LogP contribution >= 0.6 is 0 Å². The lowest BCUT2D eigenvalue weighted by Crippen LogP contribution is -2.61. The van der Waals surface area contributed by atoms with Crippen molar-refractivity contribution in [2.75, 3.05) is 9.80 Å². The highest BCUT2D eigenvalue weighted by Crippen LogP contribution is 2.59. The fourth-order valence-corrected chi connectivity index (χ4v) is 21.9. The van der Waals surface area contributed by atoms with Gasteiger partial charge in [0.05, 0.1) is 61.1 Å². The highest BCUT2D eigenvalue weighted by atomic mass is 15.2. The molecule has 3 aromatic heterocycles. The molecule has 0 bridgehead atoms. The number of anilines is 6. The SMILES string of the molecule is [2H]c1c([2H])c([2H])c2c(c1[2H])c1c([2H])c([2H])c([2H])c([2H])c1n2-c1ccc2c(c1)N(c1c(-c3ccc(C(C)(C)C)cc3)cccc1-c1c(C(C)(C)C)cccc1C(C)(C)C)c1cc(-n3c4ccc(C(C)(C)C)cc4c4cc(C(C)(C)C)ccc43)cc3c1B2c1ccc(-n2c4ccc(C(C)(C)C)cc4c4cc(C(C)(C)C)ccc42)cc1N3c1c(-c2ccc(C(C)(C)C)cc2)cccc1-c1c(C(C)(C)C)cccc1C(C)(C)C. The summed E-state index contributed by atoms with van der Waals surface area (Å²) < 4.78 is 85.5. The summed E-state index contributed by atoms with van der Waals surface area (Å²) in [6.07, 6.45) is 0. The average molecular weight is 1790 g/mol. The van der Waals surface area contributed by atoms with E-state index in [0.717, 1.165) is 145 Å². The summed E-state index contributed by atoms with van der Waals surface area (Å²) in [5, 5.41) is 4.60. The van der Waals surface area contributed by atoms with E-state index in [1.807, 2.05) is 6.07 Å². The van der Waals surface area contributed by atoms with Crippen LogP contribution in [0.15, 0.2) is 291 Å². The molecule has 0 spiro atoms. The minimum Gasteiger partial charge on any atom is -0.310 e. The third-order valence-corrected chi connectivity index (χ3v) is 29.4. The molecule has 2 aliphatic rings. The van der Waals surface area contributed by atoms with Gasteiger partial charge in [-0.15, -0.1) is 0 Å². The Morgan fingerprint density at radius 1 is 0.221 bits per heavy atom. The van der Waals surface area contributed by atoms with E-state index in [4.69, 9.17) is 0 Å². The van der Waals surface area contributed by atoms with Crippen molar-refractivity contribution in [3.8, 4) is 61.6 Å². The quantitative estimate of drug-likeness (QED) is 0.134. The highest BCUT2D eigenvalue weighted by molar-refractivity contribution is 7.00. The zero-order chi connectivity index (χ0) is 104. The molecule has 15 aromatic carbocycles. The lowest BCUT2D eigenvalue weighted by Gasteiger charge is -2.46. The molecule has 0 atom stereocenters. The summed E-state index contributed by atoms with van der Waals surface area (Å²) in [5.41, 5.74) is 32.5. The largest absolute Gasteiger partial charge is 0.310 e. The third kappa shape index (κ3) is 15.3. The predicted molar refractivity (Wildman–Crippen MR) is 592 cm³/mol. The van der Waals surface area contributed by atoms with Gasteiger partial charge in [0.2, 0.25) is 0 Å². The smallest absolute Gasteiger partial charge is 0.252 e. The molecule has 2 aliphatic heterocycles. The molecule has 0 N–H and O–H groups in total. The first-order valence-electron chi connectivity index (χ1n) is 53.2. The Balaban J connectivity index is 1.07. The molecule has 136 heavy (non-hydrogen) atoms. The molecule has 5 heterocycles. The second kappa shape index (κ2) is 31.5. The van der Waals surface area contributed by atoms with Crippen molar-refractivity contribution in [1.82, 2.24) is 13.7 Å². The molecule has 0 amide bonds. The topological polar surface area (TPSA) is 21.3 Å². The van der Waals surface area contributed by atoms with Crippen molar-refractivity contribution >= 4 is 123 Å². The first kappa shape index (κ1) is 81.7. The van der Waals surface area contributed by atoms with Gasteiger partial charge in [0.25, 0.3) is 6.71 Å². The third-order valence-electron chi connectivity index (χ3n) is 29.4. The van der Waals surface area contributed by atoms with Gasteiger partial charge >= 0.3 is 0 Å². The Kier molecular flexibility index (Phi) is 18.9. The van der Waals surface area contributed by atoms with E-state index in [1.165, 1.54) is 60.8 Å². The van der Waals surface area contributed by atoms with E-state index in [2.05, 4.69) is 463 Å². The second-order valence-corrected chi connectivity index (χ2v) is 49.4. The van der Waals surface area contributed by atoms with E-state index >= 15 is 0 Å². The number of hydrogen-bond acceptors (Lipinski definition) is 2. The van der Waals surface area contributed by atoms with Crippen LogP contribution in [-0.2, 0) is 54.1 Å². The van der Waals surface area contributed by atoms with Crippen molar-refractivity contribution in [3.05, 3.63) is 347 Å². The van der Waals surface area contributed by atoms with Gasteiger partial charge < -0.3 is 23.5 Å². The van der Waals surface area contributed by atoms with E-state index in [9.17, 15) is 11.0 Å². The number of benzene rings is 15. The molecule has 0 saturated carbocycles. The molecule has 0 radical (unpaired) electrons. The molecule has 5 nitrogen and oxygen atoms in total. The first-order valence-corrected chi connectivity index (χ1v) is 49.2. The minimum atomic E-state index is -0.636. The van der Waals surface area contributed by atoms with Crippen LogP contribution in [0.2, 0.25) is 0 Å². The zero-order valence-corrected chi connectivity index (χ0v) is 85.9. The van der Waals surface area contributed by atoms with Crippen molar-refractivity contribution in [2.24, 2.45) is 0 Å². The summed E-state index contributed by atoms with van der Waals surface area (Å²) in [7, 11) is 0. The van der Waals surface area contributed by atoms with Gasteiger partial charge in [0.1, 0.15) is 0 Å². The summed E-state index contributed by atoms with van der Waals surface area (Å²) in [6, 6.07) is 90.4. The van der Waals surface area contributed by atoms with Crippen LogP contribution in [0.3, 0.4) is 0 Å². The van der Waals surface area contributed by atoms with Crippen molar-refractivity contribution in [3.63, 3.8) is 0 Å². The van der Waals surface area contributed by atoms with E-state index in [0.29, 0.717) is 5.69 Å². The van der Waals surface area contributed by atoms with Crippen LogP contribution < -0.4 is 26.2 Å². The normalized spacial score (nSPS) is 14.6. The number of rotatable bonds is 9. The molecule has 0 unspecified atom stereocenters. The Morgan fingerprint density at radius 2 is 0.485 bits per heavy atom. The molecule has 0 saturated heterocycles. The van der Waals surface area contributed by atoms with Gasteiger partial charge in [-0.25, -0.2) is 0 Å². The standard InChI is InChI=1S/C130H138BN5/c1-121(2,3)81-55-51-79(52-56-81)90-41-35-43-94(116-100(127(19,20)21)45-37-46-101(116)128(22,23)24)119(90)135-112-75-87(132-106-49-33-31-39-92(106)93-40-32-34-50-107(93)132)63-65-104(112)131-105-66-64-88(133-108-67-59-83(123(7,8)9)71-96(108)97-72-84(124(10,11)12)60-68-109(97)133)76-113(105)136(115-78-89(77-114(135)118(115)131)134-110-69-61-85(125(13,14)15)73-98(110)99-74-86(126(16,17)18)62-70-111(99)134)120-91(80-53-57-82(58-54-80)122(4,5)6)42-36-44-95(120)117-102(129(25,26)27)47-38-48-103(117)130(28,29)30/h31-78H,1-30H3/i31D,32D,33D,34D,39D,40D,49D,50D. The number of hydrogen-bond donors (Lipinski definition) is 0. The highest BCUT2D eigenvalue weighted by Gasteiger charge is 2.48. The maximum Gasteiger partial charge on any atom is 0.252 e. The molecule has 686 valence electrons. The molecular formula is C130H138BN5. The van der Waals surface area contributed by atoms with Crippen LogP contribution in [0.1, 0.15) is 274 Å². The van der Waals surface area contributed by atoms with Gasteiger partial charge in [-0.1, -0.05) is 402 Å². The van der Waals surface area contributed by atoms with Crippen LogP contribution in [0.25, 0.3) is 127 Å². The van der Waals surface area contributed by atoms with E-state index in [1.54, 1.807) is 4.57 Å². The van der Waals surface area contributed by atoms with Gasteiger partial charge in [-0.2, -0.15) is 0 Å². The minimum absolute atomic E-state index is 0.00151. The number of para-hydroxylation sites is 4. The van der Waals surface area contributed by atoms with E-state index < -0.39 is 53.8 Å². The van der Waals surface area contributed by atoms with Gasteiger partial charge in [0.15, 0.2) is 0 Å².